The Morgan fingerprint density at radius 2 is 2.19 bits per heavy atom. The Hall–Kier alpha value is -0.965. The van der Waals surface area contributed by atoms with Gasteiger partial charge in [0.15, 0.2) is 0 Å². The number of carbonyl (C=O) groups is 2. The summed E-state index contributed by atoms with van der Waals surface area (Å²) in [6, 6.07) is -0.920. The van der Waals surface area contributed by atoms with Crippen molar-refractivity contribution < 1.29 is 27.4 Å². The fraction of sp³-hybridized carbons (Fsp3) is 0.875. The molecule has 0 heterocycles. The maximum atomic E-state index is 12.5. The molecule has 0 radical (unpaired) electrons. The molecule has 2 bridgehead atoms. The van der Waals surface area contributed by atoms with E-state index in [9.17, 15) is 18.5 Å². The molecule has 0 aliphatic heterocycles. The van der Waals surface area contributed by atoms with Gasteiger partial charge in [0, 0.05) is 0 Å². The van der Waals surface area contributed by atoms with Crippen LogP contribution in [0.1, 0.15) is 40.0 Å². The van der Waals surface area contributed by atoms with E-state index in [2.05, 4.69) is 23.9 Å². The van der Waals surface area contributed by atoms with Gasteiger partial charge in [-0.25, -0.2) is 0 Å². The molecular weight excluding hydrogens is 359 g/mol. The second-order valence-electron chi connectivity index (χ2n) is 7.41. The Labute approximate surface area is 157 Å². The molecule has 2 aliphatic rings. The number of hydrogen-bond donors (Lipinski definition) is 2. The Morgan fingerprint density at radius 1 is 1.46 bits per heavy atom. The molecule has 10 heteroatoms. The molecule has 2 fully saturated rings. The zero-order valence-electron chi connectivity index (χ0n) is 15.5. The molecule has 0 amide bonds. The minimum atomic E-state index is -1.96. The van der Waals surface area contributed by atoms with Gasteiger partial charge in [0.1, 0.15) is 0 Å². The minimum absolute atomic E-state index is 0.0618. The van der Waals surface area contributed by atoms with E-state index in [-0.39, 0.29) is 37.4 Å². The van der Waals surface area contributed by atoms with Crippen molar-refractivity contribution in [3.05, 3.63) is 0 Å². The predicted molar refractivity (Wildman–Crippen MR) is 95.5 cm³/mol. The molecule has 0 saturated heterocycles. The van der Waals surface area contributed by atoms with Crippen LogP contribution in [0.2, 0.25) is 0 Å². The van der Waals surface area contributed by atoms with Crippen LogP contribution in [0.5, 0.6) is 0 Å². The van der Waals surface area contributed by atoms with E-state index in [0.717, 1.165) is 12.8 Å². The first kappa shape index (κ1) is 21.3. The standard InChI is InChI=1S/C16H27BN2O6S/c1-4-24-14(21)12(8-18-10-17-22)19-26(23)25-9-16-6-5-11(7-13(16)20)15(16,2)3/h11-12,18-19H,4-10H2,1-3H3. The number of esters is 1. The van der Waals surface area contributed by atoms with Gasteiger partial charge in [0.05, 0.1) is 0 Å². The molecule has 0 aromatic rings. The van der Waals surface area contributed by atoms with Crippen LogP contribution in [0.15, 0.2) is 0 Å². The van der Waals surface area contributed by atoms with Crippen molar-refractivity contribution >= 4 is 30.2 Å². The predicted octanol–water partition coefficient (Wildman–Crippen LogP) is 0.0952. The van der Waals surface area contributed by atoms with E-state index < -0.39 is 28.7 Å². The number of fused-ring (bicyclic) bond motifs is 2. The molecule has 146 valence electrons. The van der Waals surface area contributed by atoms with Crippen LogP contribution >= 0.6 is 0 Å². The number of nitrogens with one attached hydrogen (secondary N) is 2. The van der Waals surface area contributed by atoms with E-state index in [4.69, 9.17) is 8.92 Å². The normalized spacial score (nSPS) is 28.6. The van der Waals surface area contributed by atoms with Crippen LogP contribution in [0.25, 0.3) is 0 Å². The van der Waals surface area contributed by atoms with Gasteiger partial charge in [-0.1, -0.05) is 0 Å². The van der Waals surface area contributed by atoms with Gasteiger partial charge in [0.2, 0.25) is 0 Å². The summed E-state index contributed by atoms with van der Waals surface area (Å²) in [4.78, 5) is 24.4. The number of rotatable bonds is 11. The second-order valence-corrected chi connectivity index (χ2v) is 8.35. The zero-order chi connectivity index (χ0) is 19.4. The molecule has 8 nitrogen and oxygen atoms in total. The average molecular weight is 386 g/mol. The van der Waals surface area contributed by atoms with Crippen molar-refractivity contribution in [3.63, 3.8) is 0 Å². The molecular formula is C16H27BN2O6S. The summed E-state index contributed by atoms with van der Waals surface area (Å²) < 4.78 is 35.7. The van der Waals surface area contributed by atoms with Crippen LogP contribution in [-0.4, -0.2) is 55.4 Å². The van der Waals surface area contributed by atoms with E-state index in [1.54, 1.807) is 6.92 Å². The van der Waals surface area contributed by atoms with Crippen molar-refractivity contribution in [1.29, 1.82) is 0 Å². The summed E-state index contributed by atoms with van der Waals surface area (Å²) in [5.41, 5.74) is -0.787. The molecule has 26 heavy (non-hydrogen) atoms. The maximum absolute atomic E-state index is 12.5. The van der Waals surface area contributed by atoms with E-state index in [0.29, 0.717) is 19.5 Å². The fourth-order valence-corrected chi connectivity index (χ4v) is 4.90. The Balaban J connectivity index is 1.94. The third kappa shape index (κ3) is 4.13. The summed E-state index contributed by atoms with van der Waals surface area (Å²) in [5, 5.41) is 2.75. The number of Topliss-reactive ketones (excluding diaryl/α,β-unsaturated/α-hetero) is 1. The van der Waals surface area contributed by atoms with Crippen LogP contribution in [0, 0.1) is 16.7 Å². The third-order valence-electron chi connectivity index (χ3n) is 5.94. The average Bonchev–Trinajstić information content (AvgIpc) is 2.94. The summed E-state index contributed by atoms with van der Waals surface area (Å²) in [6.45, 7) is 6.13. The molecule has 0 spiro atoms. The van der Waals surface area contributed by atoms with Crippen LogP contribution in [0.3, 0.4) is 0 Å². The van der Waals surface area contributed by atoms with Crippen molar-refractivity contribution in [2.45, 2.75) is 46.1 Å². The van der Waals surface area contributed by atoms with E-state index in [1.165, 1.54) is 0 Å². The van der Waals surface area contributed by atoms with Gasteiger partial charge in [-0.3, -0.25) is 0 Å². The Kier molecular flexibility index (Phi) is 7.23. The monoisotopic (exact) mass is 386 g/mol. The van der Waals surface area contributed by atoms with Crippen molar-refractivity contribution in [3.8, 4) is 0 Å². The van der Waals surface area contributed by atoms with Crippen molar-refractivity contribution in [2.24, 2.45) is 16.7 Å². The topological polar surface area (TPSA) is 111 Å². The second kappa shape index (κ2) is 8.82. The van der Waals surface area contributed by atoms with E-state index >= 15 is 0 Å². The van der Waals surface area contributed by atoms with Crippen molar-refractivity contribution in [1.82, 2.24) is 10.0 Å². The van der Waals surface area contributed by atoms with Crippen LogP contribution in [0.4, 0.5) is 0 Å². The first-order chi connectivity index (χ1) is 12.3. The Morgan fingerprint density at radius 3 is 2.73 bits per heavy atom. The molecule has 2 N–H and O–H groups in total. The third-order valence-corrected chi connectivity index (χ3v) is 6.75. The van der Waals surface area contributed by atoms with Gasteiger partial charge in [-0.15, -0.1) is 0 Å². The number of ether oxygens (including phenoxy) is 1. The molecule has 2 aliphatic carbocycles. The number of ketones is 1. The fourth-order valence-electron chi connectivity index (χ4n) is 4.12. The summed E-state index contributed by atoms with van der Waals surface area (Å²) >= 11 is -1.96. The van der Waals surface area contributed by atoms with Gasteiger partial charge >= 0.3 is 157 Å². The van der Waals surface area contributed by atoms with Gasteiger partial charge in [-0.2, -0.15) is 0 Å². The quantitative estimate of drug-likeness (QED) is 0.294. The molecule has 2 rings (SSSR count). The summed E-state index contributed by atoms with van der Waals surface area (Å²) in [7, 11) is 0.666. The van der Waals surface area contributed by atoms with Gasteiger partial charge in [-0.05, 0) is 0 Å². The Bertz CT molecular complexity index is 587. The summed E-state index contributed by atoms with van der Waals surface area (Å²) in [5.74, 6) is -0.0654. The SMILES string of the molecule is CCOC(=O)C(CNCB=O)NS(=O)OCC12CCC(CC1=O)C2(C)C. The first-order valence-corrected chi connectivity index (χ1v) is 10.0. The van der Waals surface area contributed by atoms with Gasteiger partial charge in [0.25, 0.3) is 0 Å². The first-order valence-electron chi connectivity index (χ1n) is 8.94. The molecule has 0 aromatic heterocycles. The van der Waals surface area contributed by atoms with Crippen LogP contribution in [-0.2, 0) is 34.5 Å². The summed E-state index contributed by atoms with van der Waals surface area (Å²) in [6.07, 6.45) is 2.34. The number of carbonyl (C=O) groups excluding carboxylic acids is 2. The zero-order valence-corrected chi connectivity index (χ0v) is 16.4. The molecule has 0 aromatic carbocycles. The molecule has 4 unspecified atom stereocenters. The van der Waals surface area contributed by atoms with Crippen molar-refractivity contribution in [2.75, 3.05) is 26.2 Å². The van der Waals surface area contributed by atoms with Crippen LogP contribution < -0.4 is 10.0 Å². The molecule has 4 atom stereocenters. The molecule has 2 saturated carbocycles. The van der Waals surface area contributed by atoms with Gasteiger partial charge < -0.3 is 0 Å². The van der Waals surface area contributed by atoms with E-state index in [1.807, 2.05) is 0 Å². The number of hydrogen-bond acceptors (Lipinski definition) is 7.